The number of nitrogens with zero attached hydrogens (tertiary/aromatic N) is 3. The van der Waals surface area contributed by atoms with Crippen LogP contribution >= 0.6 is 0 Å². The van der Waals surface area contributed by atoms with E-state index < -0.39 is 11.0 Å². The highest BCUT2D eigenvalue weighted by Gasteiger charge is 2.48. The van der Waals surface area contributed by atoms with Crippen molar-refractivity contribution in [2.75, 3.05) is 10.7 Å². The second-order valence-corrected chi connectivity index (χ2v) is 5.50. The molecular weight excluding hydrogens is 264 g/mol. The minimum absolute atomic E-state index is 0.101. The van der Waals surface area contributed by atoms with Gasteiger partial charge in [0, 0.05) is 11.5 Å². The molecule has 1 fully saturated rings. The third-order valence-electron chi connectivity index (χ3n) is 3.90. The number of nitrogens with two attached hydrogens (primary N) is 1. The molecule has 0 spiro atoms. The molecule has 2 unspecified atom stereocenters. The van der Waals surface area contributed by atoms with Crippen molar-refractivity contribution in [1.82, 2.24) is 9.97 Å². The van der Waals surface area contributed by atoms with E-state index in [1.165, 1.54) is 6.92 Å². The average Bonchev–Trinajstić information content (AvgIpc) is 2.37. The Kier molecular flexibility index (Phi) is 3.48. The van der Waals surface area contributed by atoms with Gasteiger partial charge < -0.3 is 10.4 Å². The summed E-state index contributed by atoms with van der Waals surface area (Å²) in [6.07, 6.45) is 0.0765. The first-order valence-corrected chi connectivity index (χ1v) is 6.21. The van der Waals surface area contributed by atoms with Crippen molar-refractivity contribution in [3.63, 3.8) is 0 Å². The van der Waals surface area contributed by atoms with Gasteiger partial charge in [0.25, 0.3) is 0 Å². The van der Waals surface area contributed by atoms with Gasteiger partial charge in [-0.3, -0.25) is 15.5 Å². The number of anilines is 2. The third-order valence-corrected chi connectivity index (χ3v) is 3.90. The molecule has 1 aliphatic rings. The zero-order chi connectivity index (χ0) is 15.1. The number of aliphatic hydroxyl groups is 1. The maximum absolute atomic E-state index is 11.1. The third kappa shape index (κ3) is 2.25. The molecule has 0 aromatic carbocycles. The van der Waals surface area contributed by atoms with Gasteiger partial charge in [-0.05, 0) is 13.3 Å². The monoisotopic (exact) mass is 282 g/mol. The van der Waals surface area contributed by atoms with Crippen molar-refractivity contribution in [3.8, 4) is 0 Å². The van der Waals surface area contributed by atoms with Crippen LogP contribution in [-0.4, -0.2) is 32.1 Å². The zero-order valence-electron chi connectivity index (χ0n) is 11.5. The molecule has 2 atom stereocenters. The van der Waals surface area contributed by atoms with Gasteiger partial charge in [0.15, 0.2) is 0 Å². The van der Waals surface area contributed by atoms with E-state index in [9.17, 15) is 15.2 Å². The topological polar surface area (TPSA) is 139 Å². The molecule has 110 valence electrons. The van der Waals surface area contributed by atoms with Crippen LogP contribution in [0.5, 0.6) is 0 Å². The summed E-state index contributed by atoms with van der Waals surface area (Å²) < 4.78 is 0. The van der Waals surface area contributed by atoms with Gasteiger partial charge in [0.05, 0.1) is 11.0 Å². The van der Waals surface area contributed by atoms with Crippen LogP contribution in [0.4, 0.5) is 17.5 Å². The van der Waals surface area contributed by atoms with E-state index in [0.29, 0.717) is 6.42 Å². The molecule has 1 heterocycles. The van der Waals surface area contributed by atoms with Gasteiger partial charge in [-0.1, -0.05) is 13.8 Å². The first-order valence-electron chi connectivity index (χ1n) is 6.21. The zero-order valence-corrected chi connectivity index (χ0v) is 11.5. The molecule has 0 aliphatic heterocycles. The Morgan fingerprint density at radius 3 is 2.60 bits per heavy atom. The number of aryl methyl sites for hydroxylation is 1. The number of nitrogens with one attached hydrogen (secondary N) is 2. The molecule has 0 radical (unpaired) electrons. The predicted molar refractivity (Wildman–Crippen MR) is 73.0 cm³/mol. The van der Waals surface area contributed by atoms with Crippen LogP contribution in [0, 0.1) is 22.5 Å². The van der Waals surface area contributed by atoms with Gasteiger partial charge in [0.1, 0.15) is 5.69 Å². The van der Waals surface area contributed by atoms with Crippen LogP contribution in [0.1, 0.15) is 26.0 Å². The Balaban J connectivity index is 2.35. The van der Waals surface area contributed by atoms with Crippen molar-refractivity contribution in [2.45, 2.75) is 39.3 Å². The molecule has 9 heteroatoms. The second kappa shape index (κ2) is 4.84. The average molecular weight is 282 g/mol. The molecule has 0 saturated heterocycles. The van der Waals surface area contributed by atoms with Gasteiger partial charge in [-0.2, -0.15) is 4.98 Å². The Morgan fingerprint density at radius 1 is 1.50 bits per heavy atom. The lowest BCUT2D eigenvalue weighted by Gasteiger charge is -2.49. The number of nitro groups is 1. The van der Waals surface area contributed by atoms with Crippen molar-refractivity contribution in [2.24, 2.45) is 11.3 Å². The largest absolute Gasteiger partial charge is 0.392 e. The molecule has 1 aromatic heterocycles. The summed E-state index contributed by atoms with van der Waals surface area (Å²) in [6.45, 7) is 5.30. The summed E-state index contributed by atoms with van der Waals surface area (Å²) in [6, 6.07) is -0.101. The fourth-order valence-corrected chi connectivity index (χ4v) is 2.26. The van der Waals surface area contributed by atoms with Crippen LogP contribution in [-0.2, 0) is 0 Å². The highest BCUT2D eigenvalue weighted by atomic mass is 16.6. The summed E-state index contributed by atoms with van der Waals surface area (Å²) in [5.41, 5.74) is 1.95. The maximum Gasteiger partial charge on any atom is 0.332 e. The summed E-state index contributed by atoms with van der Waals surface area (Å²) in [5.74, 6) is 5.47. The van der Waals surface area contributed by atoms with E-state index in [1.807, 2.05) is 13.8 Å². The number of nitrogen functional groups attached to an aromatic ring is 1. The highest BCUT2D eigenvalue weighted by molar-refractivity contribution is 5.61. The number of hydrogen-bond donors (Lipinski definition) is 4. The fraction of sp³-hybridized carbons (Fsp3) is 0.636. The minimum atomic E-state index is -0.528. The normalized spacial score (nSPS) is 23.9. The number of aromatic nitrogens is 2. The molecule has 1 saturated carbocycles. The first-order chi connectivity index (χ1) is 9.27. The quantitative estimate of drug-likeness (QED) is 0.356. The molecule has 9 nitrogen and oxygen atoms in total. The van der Waals surface area contributed by atoms with Crippen LogP contribution in [0.2, 0.25) is 0 Å². The summed E-state index contributed by atoms with van der Waals surface area (Å²) in [7, 11) is 0. The van der Waals surface area contributed by atoms with Gasteiger partial charge in [-0.15, -0.1) is 0 Å². The first kappa shape index (κ1) is 14.4. The van der Waals surface area contributed by atoms with E-state index in [0.717, 1.165) is 0 Å². The van der Waals surface area contributed by atoms with E-state index >= 15 is 0 Å². The van der Waals surface area contributed by atoms with E-state index in [1.54, 1.807) is 0 Å². The molecule has 1 aliphatic carbocycles. The minimum Gasteiger partial charge on any atom is -0.392 e. The van der Waals surface area contributed by atoms with Crippen molar-refractivity contribution >= 4 is 17.5 Å². The van der Waals surface area contributed by atoms with Crippen LogP contribution in [0.15, 0.2) is 0 Å². The number of aliphatic hydroxyl groups excluding tert-OH is 1. The summed E-state index contributed by atoms with van der Waals surface area (Å²) in [5, 5.41) is 23.9. The van der Waals surface area contributed by atoms with Gasteiger partial charge in [-0.25, -0.2) is 10.8 Å². The molecule has 2 rings (SSSR count). The number of rotatable bonds is 4. The smallest absolute Gasteiger partial charge is 0.332 e. The summed E-state index contributed by atoms with van der Waals surface area (Å²) >= 11 is 0. The lowest BCUT2D eigenvalue weighted by Crippen LogP contribution is -2.57. The van der Waals surface area contributed by atoms with Crippen molar-refractivity contribution < 1.29 is 10.0 Å². The van der Waals surface area contributed by atoms with Crippen LogP contribution in [0.3, 0.4) is 0 Å². The van der Waals surface area contributed by atoms with Gasteiger partial charge >= 0.3 is 5.69 Å². The molecule has 0 amide bonds. The summed E-state index contributed by atoms with van der Waals surface area (Å²) in [4.78, 5) is 18.5. The predicted octanol–water partition coefficient (Wildman–Crippen LogP) is 0.550. The van der Waals surface area contributed by atoms with Crippen molar-refractivity contribution in [3.05, 3.63) is 15.8 Å². The molecular formula is C11H18N6O3. The molecule has 0 bridgehead atoms. The fourth-order valence-electron chi connectivity index (χ4n) is 2.26. The lowest BCUT2D eigenvalue weighted by molar-refractivity contribution is -0.385. The highest BCUT2D eigenvalue weighted by Crippen LogP contribution is 2.43. The Hall–Kier alpha value is -2.00. The maximum atomic E-state index is 11.1. The van der Waals surface area contributed by atoms with Gasteiger partial charge in [0.2, 0.25) is 11.8 Å². The van der Waals surface area contributed by atoms with Crippen LogP contribution < -0.4 is 16.6 Å². The van der Waals surface area contributed by atoms with Crippen LogP contribution in [0.25, 0.3) is 0 Å². The number of hydrazine groups is 1. The van der Waals surface area contributed by atoms with E-state index in [2.05, 4.69) is 20.7 Å². The SMILES string of the molecule is Cc1nc(NN)nc(NC2CC(O)C2(C)C)c1[N+](=O)[O-]. The Morgan fingerprint density at radius 2 is 2.15 bits per heavy atom. The number of hydrogen-bond acceptors (Lipinski definition) is 8. The lowest BCUT2D eigenvalue weighted by atomic mass is 9.64. The Labute approximate surface area is 115 Å². The molecule has 1 aromatic rings. The molecule has 5 N–H and O–H groups in total. The standard InChI is InChI=1S/C11H18N6O3/c1-5-8(17(19)20)9(15-10(13-5)16-12)14-6-4-7(18)11(6,2)3/h6-7,18H,4,12H2,1-3H3,(H2,13,14,15,16). The molecule has 20 heavy (non-hydrogen) atoms. The van der Waals surface area contributed by atoms with E-state index in [-0.39, 0.29) is 34.6 Å². The Bertz CT molecular complexity index is 547. The van der Waals surface area contributed by atoms with E-state index in [4.69, 9.17) is 5.84 Å². The second-order valence-electron chi connectivity index (χ2n) is 5.50. The van der Waals surface area contributed by atoms with Crippen molar-refractivity contribution in [1.29, 1.82) is 0 Å².